The van der Waals surface area contributed by atoms with Crippen molar-refractivity contribution < 1.29 is 50.9 Å². The zero-order chi connectivity index (χ0) is 16.3. The van der Waals surface area contributed by atoms with Crippen molar-refractivity contribution in [3.8, 4) is 0 Å². The van der Waals surface area contributed by atoms with Crippen molar-refractivity contribution in [3.05, 3.63) is 23.8 Å². The first-order valence-corrected chi connectivity index (χ1v) is 9.28. The Kier molecular flexibility index (Phi) is 8.34. The summed E-state index contributed by atoms with van der Waals surface area (Å²) in [7, 11) is -6.00. The fourth-order valence-electron chi connectivity index (χ4n) is 1.66. The molecule has 0 heterocycles. The third kappa shape index (κ3) is 8.32. The monoisotopic (exact) mass is 359 g/mol. The predicted octanol–water partition coefficient (Wildman–Crippen LogP) is -3.14. The van der Waals surface area contributed by atoms with Gasteiger partial charge in [0.1, 0.15) is 0 Å². The van der Waals surface area contributed by atoms with Gasteiger partial charge in [-0.2, -0.15) is 0 Å². The second kappa shape index (κ2) is 8.48. The standard InChI is InChI=1S/C11H19N3O5S2.Na/c1-9-8-10(4-5-11(9)13-21(17,18)19)14(2)7-6-12-20(3,15)16;/h4-5,8,12-13H,6-7H2,1-3H3,(H,17,18,19);/q;+1/p-1. The quantitative estimate of drug-likeness (QED) is 0.392. The molecule has 11 heteroatoms. The van der Waals surface area contributed by atoms with E-state index in [-0.39, 0.29) is 41.8 Å². The molecule has 0 atom stereocenters. The summed E-state index contributed by atoms with van der Waals surface area (Å²) in [5, 5.41) is 0. The van der Waals surface area contributed by atoms with Gasteiger partial charge in [0.15, 0.2) is 10.3 Å². The Morgan fingerprint density at radius 1 is 1.23 bits per heavy atom. The number of nitrogens with one attached hydrogen (secondary N) is 2. The maximum absolute atomic E-state index is 11.0. The average Bonchev–Trinajstić information content (AvgIpc) is 2.28. The van der Waals surface area contributed by atoms with Crippen LogP contribution in [-0.2, 0) is 20.3 Å². The van der Waals surface area contributed by atoms with Crippen molar-refractivity contribution in [2.45, 2.75) is 6.92 Å². The largest absolute Gasteiger partial charge is 1.00 e. The second-order valence-electron chi connectivity index (χ2n) is 4.64. The Morgan fingerprint density at radius 3 is 2.27 bits per heavy atom. The number of hydrogen-bond acceptors (Lipinski definition) is 6. The van der Waals surface area contributed by atoms with Gasteiger partial charge in [-0.05, 0) is 30.7 Å². The van der Waals surface area contributed by atoms with Gasteiger partial charge in [-0.1, -0.05) is 0 Å². The molecule has 1 rings (SSSR count). The molecule has 8 nitrogen and oxygen atoms in total. The predicted molar refractivity (Wildman–Crippen MR) is 80.6 cm³/mol. The molecule has 0 spiro atoms. The van der Waals surface area contributed by atoms with Crippen LogP contribution in [0, 0.1) is 6.92 Å². The van der Waals surface area contributed by atoms with Crippen LogP contribution in [0.25, 0.3) is 0 Å². The fourth-order valence-corrected chi connectivity index (χ4v) is 2.62. The molecule has 0 radical (unpaired) electrons. The molecule has 2 N–H and O–H groups in total. The Labute approximate surface area is 153 Å². The molecule has 0 aliphatic heterocycles. The average molecular weight is 359 g/mol. The summed E-state index contributed by atoms with van der Waals surface area (Å²) in [6.45, 7) is 2.36. The molecular formula is C11H18N3NaO5S2. The van der Waals surface area contributed by atoms with E-state index in [9.17, 15) is 21.4 Å². The number of anilines is 2. The van der Waals surface area contributed by atoms with Crippen LogP contribution in [0.2, 0.25) is 0 Å². The van der Waals surface area contributed by atoms with E-state index in [1.165, 1.54) is 6.07 Å². The Hall–Kier alpha value is -0.360. The first-order chi connectivity index (χ1) is 9.48. The maximum Gasteiger partial charge on any atom is 1.00 e. The molecule has 1 aromatic carbocycles. The van der Waals surface area contributed by atoms with E-state index in [2.05, 4.69) is 4.72 Å². The third-order valence-corrected chi connectivity index (χ3v) is 3.90. The van der Waals surface area contributed by atoms with Crippen molar-refractivity contribution in [1.29, 1.82) is 0 Å². The third-order valence-electron chi connectivity index (χ3n) is 2.70. The second-order valence-corrected chi connectivity index (χ2v) is 7.59. The molecule has 0 unspecified atom stereocenters. The topological polar surface area (TPSA) is 119 Å². The van der Waals surface area contributed by atoms with Crippen LogP contribution in [0.4, 0.5) is 11.4 Å². The van der Waals surface area contributed by atoms with E-state index < -0.39 is 20.3 Å². The Morgan fingerprint density at radius 2 is 1.82 bits per heavy atom. The van der Waals surface area contributed by atoms with Crippen molar-refractivity contribution >= 4 is 31.7 Å². The number of hydrogen-bond donors (Lipinski definition) is 2. The van der Waals surface area contributed by atoms with Crippen LogP contribution in [0.1, 0.15) is 5.56 Å². The molecule has 0 fully saturated rings. The Balaban J connectivity index is 0.00000441. The summed E-state index contributed by atoms with van der Waals surface area (Å²) < 4.78 is 58.2. The van der Waals surface area contributed by atoms with Crippen LogP contribution in [0.5, 0.6) is 0 Å². The van der Waals surface area contributed by atoms with Crippen LogP contribution in [-0.4, -0.2) is 47.8 Å². The molecule has 0 aromatic heterocycles. The summed E-state index contributed by atoms with van der Waals surface area (Å²) in [4.78, 5) is 1.81. The first kappa shape index (κ1) is 21.6. The van der Waals surface area contributed by atoms with Gasteiger partial charge in [0.25, 0.3) is 0 Å². The number of sulfonamides is 1. The van der Waals surface area contributed by atoms with Crippen LogP contribution in [0.3, 0.4) is 0 Å². The molecule has 1 aromatic rings. The van der Waals surface area contributed by atoms with Crippen LogP contribution < -0.4 is 43.9 Å². The minimum atomic E-state index is -4.55. The molecule has 0 saturated carbocycles. The fraction of sp³-hybridized carbons (Fsp3) is 0.455. The van der Waals surface area contributed by atoms with Gasteiger partial charge in [0.2, 0.25) is 10.0 Å². The van der Waals surface area contributed by atoms with Gasteiger partial charge in [-0.25, -0.2) is 21.6 Å². The molecule has 0 bridgehead atoms. The SMILES string of the molecule is Cc1cc(N(C)CCNS(C)(=O)=O)ccc1NS(=O)(=O)[O-].[Na+]. The van der Waals surface area contributed by atoms with Crippen molar-refractivity contribution in [2.75, 3.05) is 36.0 Å². The van der Waals surface area contributed by atoms with Gasteiger partial charge in [-0.3, -0.25) is 4.72 Å². The first-order valence-electron chi connectivity index (χ1n) is 5.98. The number of aryl methyl sites for hydroxylation is 1. The summed E-state index contributed by atoms with van der Waals surface area (Å²) >= 11 is 0. The Bertz CT molecular complexity index is 706. The zero-order valence-corrected chi connectivity index (χ0v) is 16.6. The molecule has 0 saturated heterocycles. The molecule has 22 heavy (non-hydrogen) atoms. The van der Waals surface area contributed by atoms with E-state index in [0.717, 1.165) is 11.9 Å². The van der Waals surface area contributed by atoms with Crippen LogP contribution in [0.15, 0.2) is 18.2 Å². The van der Waals surface area contributed by atoms with Gasteiger partial charge in [0.05, 0.1) is 11.9 Å². The molecule has 0 aliphatic carbocycles. The van der Waals surface area contributed by atoms with Gasteiger partial charge >= 0.3 is 29.6 Å². The molecule has 0 amide bonds. The molecule has 120 valence electrons. The summed E-state index contributed by atoms with van der Waals surface area (Å²) in [6.07, 6.45) is 1.08. The van der Waals surface area contributed by atoms with Gasteiger partial charge in [-0.15, -0.1) is 0 Å². The summed E-state index contributed by atoms with van der Waals surface area (Å²) in [5.74, 6) is 0. The van der Waals surface area contributed by atoms with Crippen molar-refractivity contribution in [2.24, 2.45) is 0 Å². The number of benzene rings is 1. The normalized spacial score (nSPS) is 11.6. The minimum Gasteiger partial charge on any atom is -0.731 e. The number of nitrogens with zero attached hydrogens (tertiary/aromatic N) is 1. The number of rotatable bonds is 7. The zero-order valence-electron chi connectivity index (χ0n) is 13.0. The van der Waals surface area contributed by atoms with E-state index in [1.807, 2.05) is 4.72 Å². The van der Waals surface area contributed by atoms with E-state index in [0.29, 0.717) is 12.1 Å². The smallest absolute Gasteiger partial charge is 0.731 e. The summed E-state index contributed by atoms with van der Waals surface area (Å²) in [5.41, 5.74) is 1.59. The van der Waals surface area contributed by atoms with Crippen molar-refractivity contribution in [1.82, 2.24) is 4.72 Å². The minimum absolute atomic E-state index is 0. The van der Waals surface area contributed by atoms with E-state index >= 15 is 0 Å². The van der Waals surface area contributed by atoms with Gasteiger partial charge in [0, 0.05) is 25.8 Å². The number of likely N-dealkylation sites (N-methyl/N-ethyl adjacent to an activating group) is 1. The summed E-state index contributed by atoms with van der Waals surface area (Å²) in [6, 6.07) is 4.83. The van der Waals surface area contributed by atoms with Gasteiger partial charge < -0.3 is 9.45 Å². The van der Waals surface area contributed by atoms with E-state index in [1.54, 1.807) is 31.0 Å². The maximum atomic E-state index is 11.0. The molecule has 0 aliphatic rings. The van der Waals surface area contributed by atoms with E-state index in [4.69, 9.17) is 0 Å². The molecular weight excluding hydrogens is 341 g/mol. The van der Waals surface area contributed by atoms with Crippen LogP contribution >= 0.6 is 0 Å². The van der Waals surface area contributed by atoms with Crippen molar-refractivity contribution in [3.63, 3.8) is 0 Å².